The Kier molecular flexibility index (Phi) is 5.68. The third kappa shape index (κ3) is 8.76. The number of rotatable bonds is 7. The SMILES string of the molecule is CC(C)(CNCC(O)CO)NS(C)(=O)=O. The molecule has 92 valence electrons. The molecule has 0 amide bonds. The molecule has 6 nitrogen and oxygen atoms in total. The summed E-state index contributed by atoms with van der Waals surface area (Å²) in [6.45, 7) is 3.74. The molecule has 0 aliphatic heterocycles. The first kappa shape index (κ1) is 14.8. The van der Waals surface area contributed by atoms with Crippen LogP contribution in [0.5, 0.6) is 0 Å². The van der Waals surface area contributed by atoms with E-state index in [0.717, 1.165) is 6.26 Å². The molecule has 0 aromatic rings. The van der Waals surface area contributed by atoms with Gasteiger partial charge in [-0.15, -0.1) is 0 Å². The Morgan fingerprint density at radius 2 is 1.93 bits per heavy atom. The largest absolute Gasteiger partial charge is 0.394 e. The van der Waals surface area contributed by atoms with Crippen molar-refractivity contribution < 1.29 is 18.6 Å². The van der Waals surface area contributed by atoms with Gasteiger partial charge in [0.15, 0.2) is 0 Å². The number of sulfonamides is 1. The third-order valence-electron chi connectivity index (χ3n) is 1.62. The van der Waals surface area contributed by atoms with Crippen LogP contribution in [0.1, 0.15) is 13.8 Å². The first-order chi connectivity index (χ1) is 6.66. The molecule has 1 atom stereocenters. The second-order valence-corrected chi connectivity index (χ2v) is 5.97. The monoisotopic (exact) mass is 240 g/mol. The molecular formula is C8H20N2O4S. The second-order valence-electron chi connectivity index (χ2n) is 4.23. The second kappa shape index (κ2) is 5.76. The lowest BCUT2D eigenvalue weighted by Gasteiger charge is -2.25. The highest BCUT2D eigenvalue weighted by molar-refractivity contribution is 7.88. The number of hydrogen-bond acceptors (Lipinski definition) is 5. The Hall–Kier alpha value is -0.210. The van der Waals surface area contributed by atoms with Crippen molar-refractivity contribution in [3.05, 3.63) is 0 Å². The molecule has 0 radical (unpaired) electrons. The van der Waals surface area contributed by atoms with Gasteiger partial charge < -0.3 is 15.5 Å². The van der Waals surface area contributed by atoms with Gasteiger partial charge in [-0.05, 0) is 13.8 Å². The number of aliphatic hydroxyl groups is 2. The molecule has 0 saturated heterocycles. The van der Waals surface area contributed by atoms with Crippen LogP contribution in [0.15, 0.2) is 0 Å². The van der Waals surface area contributed by atoms with E-state index in [9.17, 15) is 8.42 Å². The smallest absolute Gasteiger partial charge is 0.209 e. The van der Waals surface area contributed by atoms with Crippen molar-refractivity contribution in [2.24, 2.45) is 0 Å². The van der Waals surface area contributed by atoms with Gasteiger partial charge >= 0.3 is 0 Å². The van der Waals surface area contributed by atoms with Gasteiger partial charge in [0.25, 0.3) is 0 Å². The summed E-state index contributed by atoms with van der Waals surface area (Å²) in [5.41, 5.74) is -0.622. The van der Waals surface area contributed by atoms with Crippen LogP contribution < -0.4 is 10.0 Å². The zero-order valence-electron chi connectivity index (χ0n) is 9.32. The average Bonchev–Trinajstić information content (AvgIpc) is 1.98. The minimum atomic E-state index is -3.24. The molecule has 1 unspecified atom stereocenters. The summed E-state index contributed by atoms with van der Waals surface area (Å²) in [6, 6.07) is 0. The molecule has 15 heavy (non-hydrogen) atoms. The van der Waals surface area contributed by atoms with Crippen LogP contribution in [0, 0.1) is 0 Å². The highest BCUT2D eigenvalue weighted by Crippen LogP contribution is 2.01. The molecule has 0 aliphatic carbocycles. The topological polar surface area (TPSA) is 98.7 Å². The van der Waals surface area contributed by atoms with E-state index in [1.807, 2.05) is 0 Å². The van der Waals surface area contributed by atoms with E-state index in [0.29, 0.717) is 6.54 Å². The van der Waals surface area contributed by atoms with Crippen molar-refractivity contribution in [3.8, 4) is 0 Å². The Labute approximate surface area is 90.7 Å². The van der Waals surface area contributed by atoms with Gasteiger partial charge in [-0.3, -0.25) is 0 Å². The molecule has 0 aromatic carbocycles. The molecule has 0 aliphatic rings. The van der Waals surface area contributed by atoms with Crippen molar-refractivity contribution in [3.63, 3.8) is 0 Å². The van der Waals surface area contributed by atoms with E-state index >= 15 is 0 Å². The molecule has 0 aromatic heterocycles. The quantitative estimate of drug-likeness (QED) is 0.423. The van der Waals surface area contributed by atoms with E-state index in [4.69, 9.17) is 10.2 Å². The maximum atomic E-state index is 11.0. The fourth-order valence-electron chi connectivity index (χ4n) is 1.15. The molecule has 0 bridgehead atoms. The molecule has 4 N–H and O–H groups in total. The average molecular weight is 240 g/mol. The summed E-state index contributed by atoms with van der Waals surface area (Å²) in [7, 11) is -3.24. The van der Waals surface area contributed by atoms with Crippen molar-refractivity contribution >= 4 is 10.0 Å². The van der Waals surface area contributed by atoms with Gasteiger partial charge in [0, 0.05) is 18.6 Å². The minimum absolute atomic E-state index is 0.228. The Morgan fingerprint density at radius 1 is 1.40 bits per heavy atom. The predicted octanol–water partition coefficient (Wildman–Crippen LogP) is -1.74. The fraction of sp³-hybridized carbons (Fsp3) is 1.00. The zero-order chi connectivity index (χ0) is 12.1. The number of nitrogens with one attached hydrogen (secondary N) is 2. The molecule has 0 saturated carbocycles. The summed E-state index contributed by atoms with van der Waals surface area (Å²) >= 11 is 0. The molecular weight excluding hydrogens is 220 g/mol. The van der Waals surface area contributed by atoms with Crippen LogP contribution in [0.4, 0.5) is 0 Å². The van der Waals surface area contributed by atoms with Crippen LogP contribution >= 0.6 is 0 Å². The number of aliphatic hydroxyl groups excluding tert-OH is 2. The highest BCUT2D eigenvalue weighted by Gasteiger charge is 2.21. The predicted molar refractivity (Wildman–Crippen MR) is 58.0 cm³/mol. The van der Waals surface area contributed by atoms with Gasteiger partial charge in [-0.1, -0.05) is 0 Å². The Morgan fingerprint density at radius 3 is 2.33 bits per heavy atom. The van der Waals surface area contributed by atoms with Crippen LogP contribution in [0.25, 0.3) is 0 Å². The lowest BCUT2D eigenvalue weighted by atomic mass is 10.1. The fourth-order valence-corrected chi connectivity index (χ4v) is 2.23. The van der Waals surface area contributed by atoms with Crippen molar-refractivity contribution in [2.75, 3.05) is 26.0 Å². The van der Waals surface area contributed by atoms with Gasteiger partial charge in [0.05, 0.1) is 19.0 Å². The minimum Gasteiger partial charge on any atom is -0.394 e. The molecule has 7 heteroatoms. The summed E-state index contributed by atoms with van der Waals surface area (Å²) in [5.74, 6) is 0. The van der Waals surface area contributed by atoms with E-state index in [1.165, 1.54) is 0 Å². The maximum absolute atomic E-state index is 11.0. The standard InChI is InChI=1S/C8H20N2O4S/c1-8(2,10-15(3,13)14)6-9-4-7(12)5-11/h7,9-12H,4-6H2,1-3H3. The van der Waals surface area contributed by atoms with Crippen LogP contribution in [-0.2, 0) is 10.0 Å². The maximum Gasteiger partial charge on any atom is 0.209 e. The van der Waals surface area contributed by atoms with Crippen LogP contribution in [0.3, 0.4) is 0 Å². The molecule has 0 fully saturated rings. The summed E-state index contributed by atoms with van der Waals surface area (Å²) < 4.78 is 24.4. The van der Waals surface area contributed by atoms with Crippen LogP contribution in [0.2, 0.25) is 0 Å². The van der Waals surface area contributed by atoms with E-state index in [-0.39, 0.29) is 13.2 Å². The first-order valence-electron chi connectivity index (χ1n) is 4.65. The lowest BCUT2D eigenvalue weighted by molar-refractivity contribution is 0.0933. The van der Waals surface area contributed by atoms with Crippen LogP contribution in [-0.4, -0.2) is 56.2 Å². The Bertz CT molecular complexity index is 276. The summed E-state index contributed by atoms with van der Waals surface area (Å²) in [5, 5.41) is 20.4. The molecule has 0 spiro atoms. The third-order valence-corrected chi connectivity index (χ3v) is 2.54. The van der Waals surface area contributed by atoms with Gasteiger partial charge in [-0.2, -0.15) is 0 Å². The van der Waals surface area contributed by atoms with Gasteiger partial charge in [0.2, 0.25) is 10.0 Å². The van der Waals surface area contributed by atoms with Gasteiger partial charge in [0.1, 0.15) is 0 Å². The summed E-state index contributed by atoms with van der Waals surface area (Å²) in [6.07, 6.45) is 0.274. The van der Waals surface area contributed by atoms with E-state index in [1.54, 1.807) is 13.8 Å². The number of hydrogen-bond donors (Lipinski definition) is 4. The van der Waals surface area contributed by atoms with Crippen molar-refractivity contribution in [1.82, 2.24) is 10.0 Å². The normalized spacial score (nSPS) is 15.3. The molecule has 0 heterocycles. The summed E-state index contributed by atoms with van der Waals surface area (Å²) in [4.78, 5) is 0. The van der Waals surface area contributed by atoms with E-state index in [2.05, 4.69) is 10.0 Å². The molecule has 0 rings (SSSR count). The van der Waals surface area contributed by atoms with E-state index < -0.39 is 21.7 Å². The zero-order valence-corrected chi connectivity index (χ0v) is 10.1. The Balaban J connectivity index is 3.95. The first-order valence-corrected chi connectivity index (χ1v) is 6.54. The lowest BCUT2D eigenvalue weighted by Crippen LogP contribution is -2.51. The van der Waals surface area contributed by atoms with Crippen molar-refractivity contribution in [1.29, 1.82) is 0 Å². The van der Waals surface area contributed by atoms with Gasteiger partial charge in [-0.25, -0.2) is 13.1 Å². The highest BCUT2D eigenvalue weighted by atomic mass is 32.2. The van der Waals surface area contributed by atoms with Crippen molar-refractivity contribution in [2.45, 2.75) is 25.5 Å².